The minimum absolute atomic E-state index is 0.0200. The van der Waals surface area contributed by atoms with Crippen LogP contribution in [0.15, 0.2) is 72.8 Å². The van der Waals surface area contributed by atoms with Crippen molar-refractivity contribution in [3.63, 3.8) is 0 Å². The zero-order valence-corrected chi connectivity index (χ0v) is 21.2. The number of nitrogens with two attached hydrogens (primary N) is 1. The monoisotopic (exact) mass is 468 g/mol. The van der Waals surface area contributed by atoms with E-state index in [1.165, 1.54) is 11.1 Å². The van der Waals surface area contributed by atoms with Gasteiger partial charge in [0.05, 0.1) is 17.1 Å². The Balaban J connectivity index is 1.85. The Morgan fingerprint density at radius 2 is 1.66 bits per heavy atom. The molecule has 0 fully saturated rings. The van der Waals surface area contributed by atoms with Crippen molar-refractivity contribution in [2.24, 2.45) is 11.7 Å². The van der Waals surface area contributed by atoms with E-state index < -0.39 is 0 Å². The number of hydrogen-bond donors (Lipinski definition) is 1. The standard InChI is InChI=1S/C30H36N4O/c1-21(2)28(33(18-8-17-31)30(35)25-14-11-22(3)12-15-25)29-32-26-19-23(4)13-16-27(26)34(29)20-24-9-6-5-7-10-24/h5-7,9-16,19,21,28H,8,17-18,20,31H2,1-4H3/t28-/m1/s1. The van der Waals surface area contributed by atoms with Gasteiger partial charge in [-0.1, -0.05) is 67.9 Å². The molecule has 0 saturated carbocycles. The van der Waals surface area contributed by atoms with Gasteiger partial charge in [0, 0.05) is 18.7 Å². The molecule has 0 radical (unpaired) electrons. The van der Waals surface area contributed by atoms with E-state index in [2.05, 4.69) is 67.8 Å². The van der Waals surface area contributed by atoms with Crippen LogP contribution in [0.3, 0.4) is 0 Å². The molecule has 2 N–H and O–H groups in total. The largest absolute Gasteiger partial charge is 0.330 e. The fourth-order valence-corrected chi connectivity index (χ4v) is 4.70. The molecule has 1 atom stereocenters. The first-order chi connectivity index (χ1) is 16.9. The number of hydrogen-bond acceptors (Lipinski definition) is 3. The van der Waals surface area contributed by atoms with Gasteiger partial charge in [0.1, 0.15) is 5.82 Å². The van der Waals surface area contributed by atoms with Crippen molar-refractivity contribution < 1.29 is 4.79 Å². The van der Waals surface area contributed by atoms with E-state index in [1.807, 2.05) is 42.2 Å². The van der Waals surface area contributed by atoms with Gasteiger partial charge in [-0.15, -0.1) is 0 Å². The molecule has 5 heteroatoms. The lowest BCUT2D eigenvalue weighted by atomic mass is 9.99. The average molecular weight is 469 g/mol. The first-order valence-corrected chi connectivity index (χ1v) is 12.5. The number of carbonyl (C=O) groups is 1. The predicted octanol–water partition coefficient (Wildman–Crippen LogP) is 5.89. The highest BCUT2D eigenvalue weighted by Crippen LogP contribution is 2.33. The summed E-state index contributed by atoms with van der Waals surface area (Å²) in [5.74, 6) is 1.10. The Morgan fingerprint density at radius 3 is 2.31 bits per heavy atom. The molecule has 1 amide bonds. The molecule has 35 heavy (non-hydrogen) atoms. The molecule has 0 aliphatic rings. The summed E-state index contributed by atoms with van der Waals surface area (Å²) < 4.78 is 2.28. The van der Waals surface area contributed by atoms with Crippen molar-refractivity contribution in [2.45, 2.75) is 46.7 Å². The van der Waals surface area contributed by atoms with Crippen LogP contribution in [0.25, 0.3) is 11.0 Å². The van der Waals surface area contributed by atoms with Gasteiger partial charge in [-0.3, -0.25) is 4.79 Å². The summed E-state index contributed by atoms with van der Waals surface area (Å²) in [7, 11) is 0. The normalized spacial score (nSPS) is 12.3. The van der Waals surface area contributed by atoms with E-state index in [-0.39, 0.29) is 17.9 Å². The van der Waals surface area contributed by atoms with Crippen LogP contribution in [0, 0.1) is 19.8 Å². The Bertz CT molecular complexity index is 1280. The number of nitrogens with zero attached hydrogens (tertiary/aromatic N) is 3. The molecule has 3 aromatic carbocycles. The molecular weight excluding hydrogens is 432 g/mol. The number of aryl methyl sites for hydroxylation is 2. The molecule has 4 aromatic rings. The minimum atomic E-state index is -0.188. The summed E-state index contributed by atoms with van der Waals surface area (Å²) in [5.41, 5.74) is 12.2. The van der Waals surface area contributed by atoms with Gasteiger partial charge in [-0.2, -0.15) is 0 Å². The number of fused-ring (bicyclic) bond motifs is 1. The second-order valence-electron chi connectivity index (χ2n) is 9.73. The molecule has 1 heterocycles. The fourth-order valence-electron chi connectivity index (χ4n) is 4.70. The Kier molecular flexibility index (Phi) is 7.67. The molecular formula is C30H36N4O. The fraction of sp³-hybridized carbons (Fsp3) is 0.333. The molecule has 0 aliphatic heterocycles. The highest BCUT2D eigenvalue weighted by Gasteiger charge is 2.32. The van der Waals surface area contributed by atoms with Gasteiger partial charge in [0.2, 0.25) is 0 Å². The summed E-state index contributed by atoms with van der Waals surface area (Å²) in [4.78, 5) is 21.0. The van der Waals surface area contributed by atoms with Crippen LogP contribution >= 0.6 is 0 Å². The number of aromatic nitrogens is 2. The quantitative estimate of drug-likeness (QED) is 0.333. The summed E-state index contributed by atoms with van der Waals surface area (Å²) in [6.45, 7) is 10.3. The maximum Gasteiger partial charge on any atom is 0.254 e. The lowest BCUT2D eigenvalue weighted by molar-refractivity contribution is 0.0605. The van der Waals surface area contributed by atoms with E-state index in [1.54, 1.807) is 0 Å². The van der Waals surface area contributed by atoms with Crippen LogP contribution in [0.2, 0.25) is 0 Å². The second-order valence-corrected chi connectivity index (χ2v) is 9.73. The third-order valence-electron chi connectivity index (χ3n) is 6.51. The summed E-state index contributed by atoms with van der Waals surface area (Å²) in [6, 6.07) is 24.5. The third kappa shape index (κ3) is 5.46. The van der Waals surface area contributed by atoms with Crippen molar-refractivity contribution in [2.75, 3.05) is 13.1 Å². The predicted molar refractivity (Wildman–Crippen MR) is 143 cm³/mol. The Morgan fingerprint density at radius 1 is 0.971 bits per heavy atom. The summed E-state index contributed by atoms with van der Waals surface area (Å²) in [5, 5.41) is 0. The van der Waals surface area contributed by atoms with E-state index in [4.69, 9.17) is 10.7 Å². The zero-order valence-electron chi connectivity index (χ0n) is 21.2. The molecule has 0 unspecified atom stereocenters. The van der Waals surface area contributed by atoms with E-state index in [9.17, 15) is 4.79 Å². The molecule has 0 spiro atoms. The van der Waals surface area contributed by atoms with Crippen molar-refractivity contribution >= 4 is 16.9 Å². The lowest BCUT2D eigenvalue weighted by Gasteiger charge is -2.34. The summed E-state index contributed by atoms with van der Waals surface area (Å²) in [6.07, 6.45) is 0.735. The minimum Gasteiger partial charge on any atom is -0.330 e. The second kappa shape index (κ2) is 10.9. The maximum absolute atomic E-state index is 13.9. The van der Waals surface area contributed by atoms with Gasteiger partial charge in [-0.05, 0) is 68.1 Å². The van der Waals surface area contributed by atoms with Gasteiger partial charge in [-0.25, -0.2) is 4.98 Å². The average Bonchev–Trinajstić information content (AvgIpc) is 3.18. The number of carbonyl (C=O) groups excluding carboxylic acids is 1. The molecule has 0 saturated heterocycles. The SMILES string of the molecule is Cc1ccc(C(=O)N(CCCN)[C@@H](c2nc3cc(C)ccc3n2Cc2ccccc2)C(C)C)cc1. The lowest BCUT2D eigenvalue weighted by Crippen LogP contribution is -2.40. The molecule has 5 nitrogen and oxygen atoms in total. The van der Waals surface area contributed by atoms with Crippen LogP contribution in [0.1, 0.15) is 59.2 Å². The van der Waals surface area contributed by atoms with Crippen LogP contribution in [0.4, 0.5) is 0 Å². The van der Waals surface area contributed by atoms with Gasteiger partial charge >= 0.3 is 0 Å². The van der Waals surface area contributed by atoms with Crippen molar-refractivity contribution in [3.8, 4) is 0 Å². The number of amides is 1. The number of benzene rings is 3. The molecule has 0 bridgehead atoms. The first kappa shape index (κ1) is 24.7. The third-order valence-corrected chi connectivity index (χ3v) is 6.51. The number of rotatable bonds is 9. The van der Waals surface area contributed by atoms with E-state index >= 15 is 0 Å². The smallest absolute Gasteiger partial charge is 0.254 e. The van der Waals surface area contributed by atoms with Crippen LogP contribution < -0.4 is 5.73 Å². The van der Waals surface area contributed by atoms with Crippen molar-refractivity contribution in [1.82, 2.24) is 14.5 Å². The van der Waals surface area contributed by atoms with E-state index in [0.717, 1.165) is 28.8 Å². The van der Waals surface area contributed by atoms with Gasteiger partial charge in [0.15, 0.2) is 0 Å². The maximum atomic E-state index is 13.9. The first-order valence-electron chi connectivity index (χ1n) is 12.5. The Hall–Kier alpha value is -3.44. The Labute approximate surface area is 208 Å². The van der Waals surface area contributed by atoms with Crippen molar-refractivity contribution in [1.29, 1.82) is 0 Å². The van der Waals surface area contributed by atoms with Crippen LogP contribution in [-0.4, -0.2) is 33.4 Å². The molecule has 4 rings (SSSR count). The summed E-state index contributed by atoms with van der Waals surface area (Å²) >= 11 is 0. The molecule has 182 valence electrons. The van der Waals surface area contributed by atoms with Crippen molar-refractivity contribution in [3.05, 3.63) is 101 Å². The highest BCUT2D eigenvalue weighted by molar-refractivity contribution is 5.94. The molecule has 1 aromatic heterocycles. The molecule has 0 aliphatic carbocycles. The van der Waals surface area contributed by atoms with Gasteiger partial charge in [0.25, 0.3) is 5.91 Å². The van der Waals surface area contributed by atoms with Crippen LogP contribution in [0.5, 0.6) is 0 Å². The number of imidazole rings is 1. The van der Waals surface area contributed by atoms with Crippen LogP contribution in [-0.2, 0) is 6.54 Å². The van der Waals surface area contributed by atoms with E-state index in [0.29, 0.717) is 25.2 Å². The topological polar surface area (TPSA) is 64.2 Å². The zero-order chi connectivity index (χ0) is 24.9. The highest BCUT2D eigenvalue weighted by atomic mass is 16.2. The van der Waals surface area contributed by atoms with Gasteiger partial charge < -0.3 is 15.2 Å².